The van der Waals surface area contributed by atoms with Gasteiger partial charge in [-0.2, -0.15) is 0 Å². The Hall–Kier alpha value is -1.81. The van der Waals surface area contributed by atoms with Gasteiger partial charge in [0.15, 0.2) is 0 Å². The predicted octanol–water partition coefficient (Wildman–Crippen LogP) is 3.49. The minimum atomic E-state index is -0.946. The molecule has 1 heterocycles. The Morgan fingerprint density at radius 1 is 1.32 bits per heavy atom. The summed E-state index contributed by atoms with van der Waals surface area (Å²) in [6, 6.07) is 6.42. The van der Waals surface area contributed by atoms with Crippen LogP contribution in [0.2, 0.25) is 0 Å². The Labute approximate surface area is 115 Å². The lowest BCUT2D eigenvalue weighted by molar-refractivity contribution is 0.0703. The van der Waals surface area contributed by atoms with Crippen LogP contribution >= 0.6 is 11.3 Å². The van der Waals surface area contributed by atoms with E-state index in [1.165, 1.54) is 28.9 Å². The van der Waals surface area contributed by atoms with Gasteiger partial charge in [0.05, 0.1) is 5.69 Å². The summed E-state index contributed by atoms with van der Waals surface area (Å²) in [6.45, 7) is 1.89. The van der Waals surface area contributed by atoms with Crippen LogP contribution in [0.5, 0.6) is 0 Å². The topological polar surface area (TPSA) is 63.3 Å². The fourth-order valence-electron chi connectivity index (χ4n) is 2.67. The van der Waals surface area contributed by atoms with Gasteiger partial charge in [0.2, 0.25) is 0 Å². The molecule has 1 aliphatic rings. The molecule has 1 aliphatic carbocycles. The van der Waals surface area contributed by atoms with E-state index >= 15 is 0 Å². The normalized spacial score (nSPS) is 13.5. The van der Waals surface area contributed by atoms with Crippen molar-refractivity contribution in [2.24, 2.45) is 0 Å². The van der Waals surface area contributed by atoms with Crippen molar-refractivity contribution in [1.82, 2.24) is 0 Å². The van der Waals surface area contributed by atoms with Crippen LogP contribution in [-0.2, 0) is 12.8 Å². The van der Waals surface area contributed by atoms with Crippen molar-refractivity contribution in [2.45, 2.75) is 26.2 Å². The maximum absolute atomic E-state index is 11.1. The van der Waals surface area contributed by atoms with Crippen molar-refractivity contribution >= 4 is 23.0 Å². The lowest BCUT2D eigenvalue weighted by Crippen LogP contribution is -1.97. The molecule has 3 nitrogen and oxygen atoms in total. The van der Waals surface area contributed by atoms with E-state index in [0.717, 1.165) is 28.8 Å². The summed E-state index contributed by atoms with van der Waals surface area (Å²) in [6.07, 6.45) is 3.49. The number of fused-ring (bicyclic) bond motifs is 1. The van der Waals surface area contributed by atoms with Crippen molar-refractivity contribution in [3.63, 3.8) is 0 Å². The molecule has 1 aromatic heterocycles. The molecule has 4 heteroatoms. The summed E-state index contributed by atoms with van der Waals surface area (Å²) in [4.78, 5) is 12.4. The van der Waals surface area contributed by atoms with Crippen LogP contribution in [0.1, 0.15) is 32.8 Å². The SMILES string of the molecule is Cc1c(-c2ccc3c(c2)CCC3)sc(C(=O)O)c1N. The largest absolute Gasteiger partial charge is 0.477 e. The molecule has 3 rings (SSSR count). The predicted molar refractivity (Wildman–Crippen MR) is 77.9 cm³/mol. The van der Waals surface area contributed by atoms with E-state index in [9.17, 15) is 4.79 Å². The van der Waals surface area contributed by atoms with Crippen LogP contribution in [0, 0.1) is 6.92 Å². The quantitative estimate of drug-likeness (QED) is 0.880. The van der Waals surface area contributed by atoms with Gasteiger partial charge in [-0.1, -0.05) is 18.2 Å². The third-order valence-corrected chi connectivity index (χ3v) is 5.09. The van der Waals surface area contributed by atoms with Crippen molar-refractivity contribution < 1.29 is 9.90 Å². The molecule has 98 valence electrons. The molecule has 0 fully saturated rings. The van der Waals surface area contributed by atoms with E-state index in [0.29, 0.717) is 5.69 Å². The molecule has 1 aromatic carbocycles. The molecule has 0 radical (unpaired) electrons. The van der Waals surface area contributed by atoms with E-state index < -0.39 is 5.97 Å². The van der Waals surface area contributed by atoms with E-state index in [1.54, 1.807) is 0 Å². The molecular weight excluding hydrogens is 258 g/mol. The van der Waals surface area contributed by atoms with Gasteiger partial charge in [0, 0.05) is 4.88 Å². The van der Waals surface area contributed by atoms with Gasteiger partial charge >= 0.3 is 5.97 Å². The minimum Gasteiger partial charge on any atom is -0.477 e. The van der Waals surface area contributed by atoms with Gasteiger partial charge in [0.1, 0.15) is 4.88 Å². The Bertz CT molecular complexity index is 673. The van der Waals surface area contributed by atoms with Gasteiger partial charge in [-0.05, 0) is 48.4 Å². The van der Waals surface area contributed by atoms with Crippen LogP contribution in [0.3, 0.4) is 0 Å². The molecule has 0 saturated carbocycles. The Kier molecular flexibility index (Phi) is 2.82. The third kappa shape index (κ3) is 1.92. The number of benzene rings is 1. The molecule has 0 saturated heterocycles. The van der Waals surface area contributed by atoms with Gasteiger partial charge in [-0.15, -0.1) is 11.3 Å². The van der Waals surface area contributed by atoms with Gasteiger partial charge in [-0.25, -0.2) is 4.79 Å². The van der Waals surface area contributed by atoms with Gasteiger partial charge in [0.25, 0.3) is 0 Å². The number of anilines is 1. The highest BCUT2D eigenvalue weighted by atomic mass is 32.1. The Balaban J connectivity index is 2.12. The minimum absolute atomic E-state index is 0.244. The first-order chi connectivity index (χ1) is 9.08. The highest BCUT2D eigenvalue weighted by molar-refractivity contribution is 7.18. The lowest BCUT2D eigenvalue weighted by Gasteiger charge is -2.04. The third-order valence-electron chi connectivity index (χ3n) is 3.75. The molecule has 0 unspecified atom stereocenters. The van der Waals surface area contributed by atoms with Crippen molar-refractivity contribution in [1.29, 1.82) is 0 Å². The summed E-state index contributed by atoms with van der Waals surface area (Å²) in [5.41, 5.74) is 11.1. The second kappa shape index (κ2) is 4.38. The van der Waals surface area contributed by atoms with Crippen LogP contribution in [0.4, 0.5) is 5.69 Å². The molecule has 0 bridgehead atoms. The molecule has 19 heavy (non-hydrogen) atoms. The van der Waals surface area contributed by atoms with Gasteiger partial charge in [-0.3, -0.25) is 0 Å². The number of aryl methyl sites for hydroxylation is 2. The molecular formula is C15H15NO2S. The van der Waals surface area contributed by atoms with E-state index in [4.69, 9.17) is 10.8 Å². The van der Waals surface area contributed by atoms with Crippen LogP contribution in [0.15, 0.2) is 18.2 Å². The monoisotopic (exact) mass is 273 g/mol. The number of aromatic carboxylic acids is 1. The van der Waals surface area contributed by atoms with Crippen LogP contribution in [-0.4, -0.2) is 11.1 Å². The molecule has 0 amide bonds. The Morgan fingerprint density at radius 2 is 2.05 bits per heavy atom. The highest BCUT2D eigenvalue weighted by Gasteiger charge is 2.20. The smallest absolute Gasteiger partial charge is 0.348 e. The maximum Gasteiger partial charge on any atom is 0.348 e. The summed E-state index contributed by atoms with van der Waals surface area (Å²) >= 11 is 1.27. The summed E-state index contributed by atoms with van der Waals surface area (Å²) in [5.74, 6) is -0.946. The number of hydrogen-bond acceptors (Lipinski definition) is 3. The number of carboxylic acid groups (broad SMARTS) is 1. The standard InChI is InChI=1S/C15H15NO2S/c1-8-12(16)14(15(17)18)19-13(8)11-6-5-9-3-2-4-10(9)7-11/h5-7H,2-4,16H2,1H3,(H,17,18). The van der Waals surface area contributed by atoms with Crippen LogP contribution < -0.4 is 5.73 Å². The number of carboxylic acids is 1. The fourth-order valence-corrected chi connectivity index (χ4v) is 3.74. The zero-order valence-corrected chi connectivity index (χ0v) is 11.5. The van der Waals surface area contributed by atoms with E-state index in [2.05, 4.69) is 18.2 Å². The Morgan fingerprint density at radius 3 is 2.74 bits per heavy atom. The average molecular weight is 273 g/mol. The number of hydrogen-bond donors (Lipinski definition) is 2. The van der Waals surface area contributed by atoms with E-state index in [1.807, 2.05) is 6.92 Å². The lowest BCUT2D eigenvalue weighted by atomic mass is 10.0. The summed E-state index contributed by atoms with van der Waals surface area (Å²) in [7, 11) is 0. The summed E-state index contributed by atoms with van der Waals surface area (Å²) < 4.78 is 0. The summed E-state index contributed by atoms with van der Waals surface area (Å²) in [5, 5.41) is 9.14. The zero-order chi connectivity index (χ0) is 13.6. The number of nitrogens with two attached hydrogens (primary N) is 1. The molecule has 3 N–H and O–H groups in total. The first-order valence-electron chi connectivity index (χ1n) is 6.32. The van der Waals surface area contributed by atoms with Crippen molar-refractivity contribution in [2.75, 3.05) is 5.73 Å². The van der Waals surface area contributed by atoms with Crippen LogP contribution in [0.25, 0.3) is 10.4 Å². The molecule has 0 spiro atoms. The van der Waals surface area contributed by atoms with Crippen molar-refractivity contribution in [3.8, 4) is 10.4 Å². The number of rotatable bonds is 2. The van der Waals surface area contributed by atoms with E-state index in [-0.39, 0.29) is 4.88 Å². The maximum atomic E-state index is 11.1. The molecule has 0 aliphatic heterocycles. The first kappa shape index (κ1) is 12.2. The number of thiophene rings is 1. The van der Waals surface area contributed by atoms with Crippen molar-refractivity contribution in [3.05, 3.63) is 39.8 Å². The second-order valence-corrected chi connectivity index (χ2v) is 5.96. The number of nitrogen functional groups attached to an aromatic ring is 1. The zero-order valence-electron chi connectivity index (χ0n) is 10.7. The molecule has 0 atom stereocenters. The number of carbonyl (C=O) groups is 1. The highest BCUT2D eigenvalue weighted by Crippen LogP contribution is 2.39. The van der Waals surface area contributed by atoms with Gasteiger partial charge < -0.3 is 10.8 Å². The molecule has 2 aromatic rings. The second-order valence-electron chi connectivity index (χ2n) is 4.94. The first-order valence-corrected chi connectivity index (χ1v) is 7.14. The average Bonchev–Trinajstić information content (AvgIpc) is 2.95. The fraction of sp³-hybridized carbons (Fsp3) is 0.267.